The molecule has 8 nitrogen and oxygen atoms in total. The predicted molar refractivity (Wildman–Crippen MR) is 103 cm³/mol. The van der Waals surface area contributed by atoms with E-state index in [2.05, 4.69) is 9.29 Å². The Hall–Kier alpha value is -2.53. The number of carbonyl (C=O) groups is 2. The summed E-state index contributed by atoms with van der Waals surface area (Å²) in [5.74, 6) is -16.1. The minimum atomic E-state index is -5.06. The van der Waals surface area contributed by atoms with E-state index in [1.54, 1.807) is 0 Å². The van der Waals surface area contributed by atoms with Crippen LogP contribution in [0.25, 0.3) is 0 Å². The smallest absolute Gasteiger partial charge is 0.439 e. The van der Waals surface area contributed by atoms with E-state index < -0.39 is 78.4 Å². The molecule has 2 atom stereocenters. The van der Waals surface area contributed by atoms with Gasteiger partial charge in [0.25, 0.3) is 0 Å². The highest BCUT2D eigenvalue weighted by Crippen LogP contribution is 2.48. The molecule has 0 aromatic heterocycles. The predicted octanol–water partition coefficient (Wildman–Crippen LogP) is 4.21. The second-order valence-electron chi connectivity index (χ2n) is 6.99. The van der Waals surface area contributed by atoms with Crippen LogP contribution in [0, 0.1) is 29.1 Å². The van der Waals surface area contributed by atoms with Crippen molar-refractivity contribution in [1.29, 1.82) is 0 Å². The molecule has 0 aliphatic heterocycles. The fraction of sp³-hybridized carbons (Fsp3) is 0.500. The third-order valence-electron chi connectivity index (χ3n) is 3.37. The van der Waals surface area contributed by atoms with Crippen LogP contribution >= 0.6 is 7.67 Å². The Balaban J connectivity index is 3.49. The van der Waals surface area contributed by atoms with E-state index in [4.69, 9.17) is 9.47 Å². The number of rotatable bonds is 9. The molecule has 0 bridgehead atoms. The molecular weight excluding hydrogens is 466 g/mol. The molecule has 14 heteroatoms. The maximum Gasteiger partial charge on any atom is 0.439 e. The van der Waals surface area contributed by atoms with E-state index >= 15 is 0 Å². The van der Waals surface area contributed by atoms with Crippen LogP contribution in [0.1, 0.15) is 41.5 Å². The lowest BCUT2D eigenvalue weighted by atomic mass is 10.3. The summed E-state index contributed by atoms with van der Waals surface area (Å²) in [5.41, 5.74) is -0.636. The number of hydrogen-bond donors (Lipinski definition) is 1. The molecule has 0 saturated heterocycles. The van der Waals surface area contributed by atoms with E-state index in [0.717, 1.165) is 13.8 Å². The van der Waals surface area contributed by atoms with Crippen LogP contribution in [0.2, 0.25) is 0 Å². The van der Waals surface area contributed by atoms with Gasteiger partial charge in [0.15, 0.2) is 0 Å². The van der Waals surface area contributed by atoms with Crippen molar-refractivity contribution in [3.05, 3.63) is 29.1 Å². The number of halogens is 5. The van der Waals surface area contributed by atoms with Crippen LogP contribution in [-0.4, -0.2) is 35.9 Å². The summed E-state index contributed by atoms with van der Waals surface area (Å²) < 4.78 is 99.3. The van der Waals surface area contributed by atoms with Gasteiger partial charge in [-0.05, 0) is 41.5 Å². The molecule has 1 aromatic rings. The second-order valence-corrected chi connectivity index (χ2v) is 8.67. The summed E-state index contributed by atoms with van der Waals surface area (Å²) in [4.78, 5) is 24.0. The van der Waals surface area contributed by atoms with Crippen molar-refractivity contribution in [3.63, 3.8) is 0 Å². The molecule has 0 amide bonds. The second kappa shape index (κ2) is 10.9. The first-order valence-electron chi connectivity index (χ1n) is 9.16. The lowest BCUT2D eigenvalue weighted by molar-refractivity contribution is -0.149. The standard InChI is InChI=1S/C18H22F5N2O6P/c1-7(2)29-17(26)9(5)24-32(28,25-10(6)18(27)30-8(3)4)31-16-14(22)12(20)11(19)13(21)15(16)23/h7-9H,1-6H3,(H,24,28). The molecule has 2 unspecified atom stereocenters. The highest BCUT2D eigenvalue weighted by atomic mass is 31.2. The van der Waals surface area contributed by atoms with Crippen LogP contribution in [0.3, 0.4) is 0 Å². The molecule has 0 aliphatic rings. The zero-order chi connectivity index (χ0) is 25.0. The van der Waals surface area contributed by atoms with Crippen LogP contribution in [-0.2, 0) is 23.6 Å². The maximum atomic E-state index is 14.0. The molecule has 1 aromatic carbocycles. The highest BCUT2D eigenvalue weighted by Gasteiger charge is 2.36. The first kappa shape index (κ1) is 27.5. The number of carbonyl (C=O) groups excluding carboxylic acids is 2. The average Bonchev–Trinajstić information content (AvgIpc) is 2.67. The van der Waals surface area contributed by atoms with Gasteiger partial charge in [0.2, 0.25) is 34.8 Å². The zero-order valence-corrected chi connectivity index (χ0v) is 18.9. The average molecular weight is 488 g/mol. The van der Waals surface area contributed by atoms with Crippen molar-refractivity contribution in [2.24, 2.45) is 4.76 Å². The zero-order valence-electron chi connectivity index (χ0n) is 18.0. The Kier molecular flexibility index (Phi) is 9.34. The van der Waals surface area contributed by atoms with Gasteiger partial charge in [-0.1, -0.05) is 0 Å². The minimum Gasteiger partial charge on any atom is -0.462 e. The van der Waals surface area contributed by atoms with Crippen molar-refractivity contribution >= 4 is 25.3 Å². The Morgan fingerprint density at radius 2 is 1.28 bits per heavy atom. The van der Waals surface area contributed by atoms with Gasteiger partial charge in [-0.15, -0.1) is 0 Å². The minimum absolute atomic E-state index is 0.603. The molecule has 180 valence electrons. The summed E-state index contributed by atoms with van der Waals surface area (Å²) in [7, 11) is -5.06. The van der Waals surface area contributed by atoms with E-state index in [0.29, 0.717) is 0 Å². The van der Waals surface area contributed by atoms with E-state index in [-0.39, 0.29) is 0 Å². The van der Waals surface area contributed by atoms with E-state index in [1.165, 1.54) is 27.7 Å². The van der Waals surface area contributed by atoms with Crippen molar-refractivity contribution in [2.45, 2.75) is 59.8 Å². The summed E-state index contributed by atoms with van der Waals surface area (Å²) in [6, 6.07) is -1.50. The third kappa shape index (κ3) is 6.99. The van der Waals surface area contributed by atoms with Crippen molar-refractivity contribution < 1.29 is 50.1 Å². The highest BCUT2D eigenvalue weighted by molar-refractivity contribution is 7.56. The van der Waals surface area contributed by atoms with Gasteiger partial charge < -0.3 is 14.0 Å². The summed E-state index contributed by atoms with van der Waals surface area (Å²) in [6.45, 7) is 8.07. The van der Waals surface area contributed by atoms with Gasteiger partial charge in [-0.3, -0.25) is 4.79 Å². The topological polar surface area (TPSA) is 103 Å². The van der Waals surface area contributed by atoms with Gasteiger partial charge in [0, 0.05) is 0 Å². The number of hydrogen-bond acceptors (Lipinski definition) is 6. The Labute approximate surface area is 180 Å². The van der Waals surface area contributed by atoms with Crippen molar-refractivity contribution in [1.82, 2.24) is 5.09 Å². The van der Waals surface area contributed by atoms with Gasteiger partial charge in [-0.25, -0.2) is 27.6 Å². The van der Waals surface area contributed by atoms with Gasteiger partial charge >= 0.3 is 19.6 Å². The first-order chi connectivity index (χ1) is 14.6. The largest absolute Gasteiger partial charge is 0.462 e. The first-order valence-corrected chi connectivity index (χ1v) is 10.7. The van der Waals surface area contributed by atoms with E-state index in [1.807, 2.05) is 5.09 Å². The van der Waals surface area contributed by atoms with Crippen LogP contribution in [0.5, 0.6) is 5.75 Å². The number of benzene rings is 1. The maximum absolute atomic E-state index is 14.0. The lowest BCUT2D eigenvalue weighted by Gasteiger charge is -2.22. The fourth-order valence-electron chi connectivity index (χ4n) is 2.03. The molecule has 0 fully saturated rings. The van der Waals surface area contributed by atoms with Gasteiger partial charge in [-0.2, -0.15) is 13.5 Å². The molecule has 0 aliphatic carbocycles. The van der Waals surface area contributed by atoms with Crippen LogP contribution < -0.4 is 9.61 Å². The Morgan fingerprint density at radius 3 is 1.72 bits per heavy atom. The molecule has 0 radical (unpaired) electrons. The normalized spacial score (nSPS) is 14.8. The number of ether oxygens (including phenoxy) is 2. The summed E-state index contributed by atoms with van der Waals surface area (Å²) >= 11 is 0. The SMILES string of the molecule is CC(=NP(=O)(NC(C)C(=O)OC(C)C)Oc1c(F)c(F)c(F)c(F)c1F)C(=O)OC(C)C. The summed E-state index contributed by atoms with van der Waals surface area (Å²) in [5, 5.41) is 1.99. The molecule has 1 rings (SSSR count). The number of esters is 2. The monoisotopic (exact) mass is 488 g/mol. The Morgan fingerprint density at radius 1 is 0.844 bits per heavy atom. The quantitative estimate of drug-likeness (QED) is 0.139. The van der Waals surface area contributed by atoms with Gasteiger partial charge in [0.1, 0.15) is 11.8 Å². The molecule has 1 N–H and O–H groups in total. The molecule has 0 heterocycles. The van der Waals surface area contributed by atoms with Gasteiger partial charge in [0.05, 0.1) is 12.2 Å². The molecule has 0 saturated carbocycles. The van der Waals surface area contributed by atoms with E-state index in [9.17, 15) is 36.1 Å². The van der Waals surface area contributed by atoms with Crippen LogP contribution in [0.15, 0.2) is 4.76 Å². The fourth-order valence-corrected chi connectivity index (χ4v) is 3.66. The Bertz CT molecular complexity index is 941. The van der Waals surface area contributed by atoms with Crippen LogP contribution in [0.4, 0.5) is 22.0 Å². The van der Waals surface area contributed by atoms with Crippen molar-refractivity contribution in [2.75, 3.05) is 0 Å². The number of nitrogens with zero attached hydrogens (tertiary/aromatic N) is 1. The molecule has 32 heavy (non-hydrogen) atoms. The molecule has 0 spiro atoms. The summed E-state index contributed by atoms with van der Waals surface area (Å²) in [6.07, 6.45) is -1.23. The molecular formula is C18H22F5N2O6P. The van der Waals surface area contributed by atoms with Crippen molar-refractivity contribution in [3.8, 4) is 5.75 Å². The third-order valence-corrected chi connectivity index (χ3v) is 5.07. The lowest BCUT2D eigenvalue weighted by Crippen LogP contribution is -2.35. The number of nitrogens with one attached hydrogen (secondary N) is 1.